The van der Waals surface area contributed by atoms with Crippen molar-refractivity contribution in [3.63, 3.8) is 0 Å². The Morgan fingerprint density at radius 1 is 1.07 bits per heavy atom. The van der Waals surface area contributed by atoms with Gasteiger partial charge in [-0.2, -0.15) is 0 Å². The topological polar surface area (TPSA) is 96.9 Å². The molecule has 0 aliphatic carbocycles. The molecule has 0 radical (unpaired) electrons. The van der Waals surface area contributed by atoms with Gasteiger partial charge in [0.05, 0.1) is 0 Å². The summed E-state index contributed by atoms with van der Waals surface area (Å²) in [5.41, 5.74) is 2.96. The maximum Gasteiger partial charge on any atom is 0.274 e. The average molecular weight is 361 g/mol. The van der Waals surface area contributed by atoms with E-state index in [1.165, 1.54) is 6.92 Å². The van der Waals surface area contributed by atoms with Gasteiger partial charge < -0.3 is 10.6 Å². The van der Waals surface area contributed by atoms with Crippen LogP contribution in [0.15, 0.2) is 54.9 Å². The molecule has 0 aliphatic rings. The van der Waals surface area contributed by atoms with Crippen LogP contribution >= 0.6 is 0 Å². The van der Waals surface area contributed by atoms with Crippen molar-refractivity contribution >= 4 is 23.3 Å². The van der Waals surface area contributed by atoms with Crippen LogP contribution in [0.4, 0.5) is 11.6 Å². The van der Waals surface area contributed by atoms with E-state index < -0.39 is 0 Å². The summed E-state index contributed by atoms with van der Waals surface area (Å²) in [6.45, 7) is 3.78. The van der Waals surface area contributed by atoms with E-state index in [0.29, 0.717) is 29.4 Å². The molecule has 0 unspecified atom stereocenters. The Hall–Kier alpha value is -3.61. The lowest BCUT2D eigenvalue weighted by molar-refractivity contribution is 0.100. The van der Waals surface area contributed by atoms with Gasteiger partial charge in [-0.05, 0) is 43.7 Å². The van der Waals surface area contributed by atoms with Crippen molar-refractivity contribution in [2.24, 2.45) is 0 Å². The molecular formula is C20H19N5O2. The summed E-state index contributed by atoms with van der Waals surface area (Å²) < 4.78 is 0. The smallest absolute Gasteiger partial charge is 0.274 e. The standard InChI is InChI=1S/C20H19N5O2/c1-13-9-18(19(27)24-17-7-3-6-16(10-17)14(2)26)25-20(23-13)22-12-15-5-4-8-21-11-15/h3-11H,12H2,1-2H3,(H,24,27)(H,22,23,25). The predicted octanol–water partition coefficient (Wildman–Crippen LogP) is 3.25. The zero-order chi connectivity index (χ0) is 19.2. The quantitative estimate of drug-likeness (QED) is 0.654. The van der Waals surface area contributed by atoms with Gasteiger partial charge in [0.2, 0.25) is 5.95 Å². The van der Waals surface area contributed by atoms with Crippen LogP contribution in [-0.2, 0) is 6.54 Å². The van der Waals surface area contributed by atoms with Crippen molar-refractivity contribution in [3.05, 3.63) is 77.4 Å². The van der Waals surface area contributed by atoms with Crippen molar-refractivity contribution < 1.29 is 9.59 Å². The summed E-state index contributed by atoms with van der Waals surface area (Å²) in [6, 6.07) is 12.2. The summed E-state index contributed by atoms with van der Waals surface area (Å²) in [5, 5.41) is 5.86. The number of aryl methyl sites for hydroxylation is 1. The molecule has 7 heteroatoms. The fourth-order valence-corrected chi connectivity index (χ4v) is 2.46. The number of nitrogens with one attached hydrogen (secondary N) is 2. The molecule has 0 saturated carbocycles. The molecule has 0 saturated heterocycles. The van der Waals surface area contributed by atoms with E-state index >= 15 is 0 Å². The van der Waals surface area contributed by atoms with Gasteiger partial charge in [0.25, 0.3) is 5.91 Å². The number of ketones is 1. The normalized spacial score (nSPS) is 10.3. The number of anilines is 2. The van der Waals surface area contributed by atoms with Crippen molar-refractivity contribution in [2.45, 2.75) is 20.4 Å². The molecule has 3 rings (SSSR count). The van der Waals surface area contributed by atoms with Gasteiger partial charge in [-0.1, -0.05) is 18.2 Å². The van der Waals surface area contributed by atoms with E-state index in [0.717, 1.165) is 5.56 Å². The second-order valence-corrected chi connectivity index (χ2v) is 6.02. The number of rotatable bonds is 6. The molecule has 1 amide bonds. The Morgan fingerprint density at radius 3 is 2.67 bits per heavy atom. The number of aromatic nitrogens is 3. The summed E-state index contributed by atoms with van der Waals surface area (Å²) in [4.78, 5) is 36.7. The van der Waals surface area contributed by atoms with Crippen molar-refractivity contribution in [1.29, 1.82) is 0 Å². The molecule has 2 heterocycles. The van der Waals surface area contributed by atoms with Crippen LogP contribution in [0.3, 0.4) is 0 Å². The second kappa shape index (κ2) is 8.18. The summed E-state index contributed by atoms with van der Waals surface area (Å²) in [5.74, 6) is -0.0713. The minimum atomic E-state index is -0.370. The molecule has 3 aromatic rings. The molecular weight excluding hydrogens is 342 g/mol. The second-order valence-electron chi connectivity index (χ2n) is 6.02. The van der Waals surface area contributed by atoms with E-state index in [2.05, 4.69) is 25.6 Å². The molecule has 2 aromatic heterocycles. The number of carbonyl (C=O) groups is 2. The Morgan fingerprint density at radius 2 is 1.93 bits per heavy atom. The third-order valence-corrected chi connectivity index (χ3v) is 3.79. The molecule has 7 nitrogen and oxygen atoms in total. The molecule has 1 aromatic carbocycles. The first kappa shape index (κ1) is 18.2. The fraction of sp³-hybridized carbons (Fsp3) is 0.150. The van der Waals surface area contributed by atoms with Crippen molar-refractivity contribution in [1.82, 2.24) is 15.0 Å². The molecule has 0 fully saturated rings. The Labute approximate surface area is 156 Å². The largest absolute Gasteiger partial charge is 0.350 e. The number of Topliss-reactive ketones (excluding diaryl/α,β-unsaturated/α-hetero) is 1. The number of amides is 1. The summed E-state index contributed by atoms with van der Waals surface area (Å²) >= 11 is 0. The highest BCUT2D eigenvalue weighted by atomic mass is 16.2. The molecule has 2 N–H and O–H groups in total. The maximum absolute atomic E-state index is 12.5. The molecule has 27 heavy (non-hydrogen) atoms. The third-order valence-electron chi connectivity index (χ3n) is 3.79. The van der Waals surface area contributed by atoms with Crippen LogP contribution in [0.2, 0.25) is 0 Å². The highest BCUT2D eigenvalue weighted by molar-refractivity contribution is 6.04. The predicted molar refractivity (Wildman–Crippen MR) is 103 cm³/mol. The van der Waals surface area contributed by atoms with Gasteiger partial charge in [0, 0.05) is 35.9 Å². The summed E-state index contributed by atoms with van der Waals surface area (Å²) in [7, 11) is 0. The Kier molecular flexibility index (Phi) is 5.51. The highest BCUT2D eigenvalue weighted by Crippen LogP contribution is 2.14. The zero-order valence-electron chi connectivity index (χ0n) is 15.1. The number of hydrogen-bond donors (Lipinski definition) is 2. The first-order chi connectivity index (χ1) is 13.0. The van der Waals surface area contributed by atoms with Crippen LogP contribution < -0.4 is 10.6 Å². The first-order valence-electron chi connectivity index (χ1n) is 8.42. The average Bonchev–Trinajstić information content (AvgIpc) is 2.67. The zero-order valence-corrected chi connectivity index (χ0v) is 15.1. The van der Waals surface area contributed by atoms with E-state index in [1.54, 1.807) is 49.6 Å². The monoisotopic (exact) mass is 361 g/mol. The van der Waals surface area contributed by atoms with Gasteiger partial charge in [-0.15, -0.1) is 0 Å². The number of hydrogen-bond acceptors (Lipinski definition) is 6. The Balaban J connectivity index is 1.74. The van der Waals surface area contributed by atoms with Gasteiger partial charge in [0.15, 0.2) is 5.78 Å². The SMILES string of the molecule is CC(=O)c1cccc(NC(=O)c2cc(C)nc(NCc3cccnc3)n2)c1. The molecule has 136 valence electrons. The molecule has 0 atom stereocenters. The lowest BCUT2D eigenvalue weighted by atomic mass is 10.1. The van der Waals surface area contributed by atoms with Crippen LogP contribution in [0, 0.1) is 6.92 Å². The van der Waals surface area contributed by atoms with Crippen LogP contribution in [0.25, 0.3) is 0 Å². The van der Waals surface area contributed by atoms with Crippen LogP contribution in [0.1, 0.15) is 39.0 Å². The molecule has 0 bridgehead atoms. The van der Waals surface area contributed by atoms with Gasteiger partial charge in [0.1, 0.15) is 5.69 Å². The van der Waals surface area contributed by atoms with E-state index in [4.69, 9.17) is 0 Å². The number of carbonyl (C=O) groups excluding carboxylic acids is 2. The van der Waals surface area contributed by atoms with Gasteiger partial charge >= 0.3 is 0 Å². The number of nitrogens with zero attached hydrogens (tertiary/aromatic N) is 3. The van der Waals surface area contributed by atoms with E-state index in [1.807, 2.05) is 12.1 Å². The first-order valence-corrected chi connectivity index (χ1v) is 8.42. The van der Waals surface area contributed by atoms with Crippen molar-refractivity contribution in [3.8, 4) is 0 Å². The lowest BCUT2D eigenvalue weighted by Crippen LogP contribution is -2.16. The van der Waals surface area contributed by atoms with Crippen LogP contribution in [0.5, 0.6) is 0 Å². The van der Waals surface area contributed by atoms with Crippen LogP contribution in [-0.4, -0.2) is 26.6 Å². The van der Waals surface area contributed by atoms with E-state index in [-0.39, 0.29) is 17.4 Å². The van der Waals surface area contributed by atoms with Gasteiger partial charge in [-0.25, -0.2) is 9.97 Å². The highest BCUT2D eigenvalue weighted by Gasteiger charge is 2.12. The van der Waals surface area contributed by atoms with E-state index in [9.17, 15) is 9.59 Å². The lowest BCUT2D eigenvalue weighted by Gasteiger charge is -2.09. The Bertz CT molecular complexity index is 973. The third kappa shape index (κ3) is 4.94. The van der Waals surface area contributed by atoms with Crippen molar-refractivity contribution in [2.75, 3.05) is 10.6 Å². The molecule has 0 spiro atoms. The van der Waals surface area contributed by atoms with Gasteiger partial charge in [-0.3, -0.25) is 14.6 Å². The minimum absolute atomic E-state index is 0.0640. The fourth-order valence-electron chi connectivity index (χ4n) is 2.46. The molecule has 0 aliphatic heterocycles. The minimum Gasteiger partial charge on any atom is -0.350 e. The maximum atomic E-state index is 12.5. The number of pyridine rings is 1. The number of benzene rings is 1. The summed E-state index contributed by atoms with van der Waals surface area (Å²) in [6.07, 6.45) is 3.45.